The lowest BCUT2D eigenvalue weighted by molar-refractivity contribution is 0.131. The zero-order valence-electron chi connectivity index (χ0n) is 14.0. The van der Waals surface area contributed by atoms with Crippen LogP contribution in [0.5, 0.6) is 0 Å². The number of rotatable bonds is 5. The highest BCUT2D eigenvalue weighted by Gasteiger charge is 2.26. The molecule has 0 radical (unpaired) electrons. The summed E-state index contributed by atoms with van der Waals surface area (Å²) in [4.78, 5) is 5.44. The highest BCUT2D eigenvalue weighted by Crippen LogP contribution is 2.23. The Kier molecular flexibility index (Phi) is 5.96. The second kappa shape index (κ2) is 7.94. The number of hydrogen-bond acceptors (Lipinski definition) is 3. The number of nitrogens with zero attached hydrogens (tertiary/aromatic N) is 2. The van der Waals surface area contributed by atoms with Crippen LogP contribution in [0.15, 0.2) is 0 Å². The van der Waals surface area contributed by atoms with Crippen molar-refractivity contribution < 1.29 is 0 Å². The number of piperidine rings is 2. The minimum absolute atomic E-state index is 0.763. The van der Waals surface area contributed by atoms with E-state index in [9.17, 15) is 0 Å². The molecule has 0 aliphatic carbocycles. The predicted octanol–water partition coefficient (Wildman–Crippen LogP) is 2.57. The maximum absolute atomic E-state index is 3.75. The SMILES string of the molecule is CCC1CCNC(CN2CCC(CN3CCCC3)CC2)C1. The largest absolute Gasteiger partial charge is 0.313 e. The standard InChI is InChI=1S/C18H35N3/c1-2-16-5-8-19-18(13-16)15-21-11-6-17(7-12-21)14-20-9-3-4-10-20/h16-19H,2-15H2,1H3. The van der Waals surface area contributed by atoms with Crippen LogP contribution in [0.3, 0.4) is 0 Å². The monoisotopic (exact) mass is 293 g/mol. The van der Waals surface area contributed by atoms with Crippen LogP contribution in [-0.2, 0) is 0 Å². The van der Waals surface area contributed by atoms with E-state index in [0.29, 0.717) is 0 Å². The predicted molar refractivity (Wildman–Crippen MR) is 89.6 cm³/mol. The van der Waals surface area contributed by atoms with Gasteiger partial charge in [-0.05, 0) is 83.1 Å². The van der Waals surface area contributed by atoms with E-state index in [1.807, 2.05) is 0 Å². The van der Waals surface area contributed by atoms with Crippen molar-refractivity contribution in [2.24, 2.45) is 11.8 Å². The molecule has 21 heavy (non-hydrogen) atoms. The lowest BCUT2D eigenvalue weighted by Gasteiger charge is -2.38. The van der Waals surface area contributed by atoms with E-state index in [4.69, 9.17) is 0 Å². The van der Waals surface area contributed by atoms with Gasteiger partial charge in [-0.1, -0.05) is 13.3 Å². The number of likely N-dealkylation sites (tertiary alicyclic amines) is 2. The van der Waals surface area contributed by atoms with Crippen LogP contribution >= 0.6 is 0 Å². The number of nitrogens with one attached hydrogen (secondary N) is 1. The van der Waals surface area contributed by atoms with Gasteiger partial charge in [0, 0.05) is 19.1 Å². The van der Waals surface area contributed by atoms with Crippen molar-refractivity contribution in [3.63, 3.8) is 0 Å². The fraction of sp³-hybridized carbons (Fsp3) is 1.00. The van der Waals surface area contributed by atoms with Gasteiger partial charge >= 0.3 is 0 Å². The molecule has 0 aromatic carbocycles. The molecule has 0 amide bonds. The van der Waals surface area contributed by atoms with Crippen LogP contribution in [0, 0.1) is 11.8 Å². The quantitative estimate of drug-likeness (QED) is 0.840. The second-order valence-electron chi connectivity index (χ2n) is 7.70. The molecule has 3 saturated heterocycles. The Labute approximate surface area is 131 Å². The molecule has 3 nitrogen and oxygen atoms in total. The number of hydrogen-bond donors (Lipinski definition) is 1. The van der Waals surface area contributed by atoms with Crippen LogP contribution in [0.4, 0.5) is 0 Å². The second-order valence-corrected chi connectivity index (χ2v) is 7.70. The highest BCUT2D eigenvalue weighted by atomic mass is 15.2. The summed E-state index contributed by atoms with van der Waals surface area (Å²) in [5.41, 5.74) is 0. The summed E-state index contributed by atoms with van der Waals surface area (Å²) < 4.78 is 0. The molecule has 0 saturated carbocycles. The Morgan fingerprint density at radius 3 is 2.29 bits per heavy atom. The first-order valence-electron chi connectivity index (χ1n) is 9.51. The Morgan fingerprint density at radius 1 is 0.857 bits per heavy atom. The smallest absolute Gasteiger partial charge is 0.0197 e. The van der Waals surface area contributed by atoms with Crippen LogP contribution in [0.25, 0.3) is 0 Å². The van der Waals surface area contributed by atoms with Crippen molar-refractivity contribution in [3.8, 4) is 0 Å². The van der Waals surface area contributed by atoms with Crippen LogP contribution in [0.1, 0.15) is 51.9 Å². The van der Waals surface area contributed by atoms with Crippen molar-refractivity contribution >= 4 is 0 Å². The highest BCUT2D eigenvalue weighted by molar-refractivity contribution is 4.83. The molecule has 3 heterocycles. The average Bonchev–Trinajstić information content (AvgIpc) is 3.02. The zero-order chi connectivity index (χ0) is 14.5. The molecule has 3 fully saturated rings. The van der Waals surface area contributed by atoms with Crippen LogP contribution in [0.2, 0.25) is 0 Å². The van der Waals surface area contributed by atoms with E-state index >= 15 is 0 Å². The van der Waals surface area contributed by atoms with E-state index in [2.05, 4.69) is 22.0 Å². The maximum atomic E-state index is 3.75. The van der Waals surface area contributed by atoms with E-state index in [-0.39, 0.29) is 0 Å². The van der Waals surface area contributed by atoms with E-state index in [1.54, 1.807) is 0 Å². The minimum atomic E-state index is 0.763. The summed E-state index contributed by atoms with van der Waals surface area (Å²) >= 11 is 0. The van der Waals surface area contributed by atoms with Gasteiger partial charge in [-0.15, -0.1) is 0 Å². The zero-order valence-corrected chi connectivity index (χ0v) is 14.0. The molecule has 2 unspecified atom stereocenters. The van der Waals surface area contributed by atoms with Gasteiger partial charge in [0.25, 0.3) is 0 Å². The van der Waals surface area contributed by atoms with Gasteiger partial charge in [0.15, 0.2) is 0 Å². The molecule has 3 heteroatoms. The van der Waals surface area contributed by atoms with Crippen molar-refractivity contribution in [2.45, 2.75) is 57.9 Å². The summed E-state index contributed by atoms with van der Waals surface area (Å²) in [7, 11) is 0. The summed E-state index contributed by atoms with van der Waals surface area (Å²) in [6.07, 6.45) is 9.90. The van der Waals surface area contributed by atoms with Gasteiger partial charge < -0.3 is 15.1 Å². The molecule has 2 atom stereocenters. The molecule has 0 aromatic rings. The third-order valence-corrected chi connectivity index (χ3v) is 6.08. The maximum Gasteiger partial charge on any atom is 0.0197 e. The van der Waals surface area contributed by atoms with E-state index < -0.39 is 0 Å². The van der Waals surface area contributed by atoms with Crippen molar-refractivity contribution in [3.05, 3.63) is 0 Å². The third-order valence-electron chi connectivity index (χ3n) is 6.08. The van der Waals surface area contributed by atoms with Crippen molar-refractivity contribution in [1.29, 1.82) is 0 Å². The molecule has 122 valence electrons. The van der Waals surface area contributed by atoms with Gasteiger partial charge in [-0.3, -0.25) is 0 Å². The van der Waals surface area contributed by atoms with Gasteiger partial charge in [-0.25, -0.2) is 0 Å². The van der Waals surface area contributed by atoms with Gasteiger partial charge in [0.2, 0.25) is 0 Å². The lowest BCUT2D eigenvalue weighted by Crippen LogP contribution is -2.48. The van der Waals surface area contributed by atoms with Crippen molar-refractivity contribution in [2.75, 3.05) is 45.8 Å². The Hall–Kier alpha value is -0.120. The molecule has 3 rings (SSSR count). The normalized spacial score (nSPS) is 33.6. The first-order valence-corrected chi connectivity index (χ1v) is 9.51. The fourth-order valence-corrected chi connectivity index (χ4v) is 4.60. The Bertz CT molecular complexity index is 293. The third kappa shape index (κ3) is 4.67. The van der Waals surface area contributed by atoms with Crippen LogP contribution < -0.4 is 5.32 Å². The lowest BCUT2D eigenvalue weighted by atomic mass is 9.89. The van der Waals surface area contributed by atoms with Gasteiger partial charge in [0.05, 0.1) is 0 Å². The Morgan fingerprint density at radius 2 is 1.57 bits per heavy atom. The minimum Gasteiger partial charge on any atom is -0.313 e. The first kappa shape index (κ1) is 15.8. The molecule has 0 bridgehead atoms. The summed E-state index contributed by atoms with van der Waals surface area (Å²) in [5, 5.41) is 3.75. The summed E-state index contributed by atoms with van der Waals surface area (Å²) in [5.74, 6) is 1.95. The Balaban J connectivity index is 1.35. The molecule has 3 aliphatic rings. The molecule has 3 aliphatic heterocycles. The van der Waals surface area contributed by atoms with Crippen molar-refractivity contribution in [1.82, 2.24) is 15.1 Å². The fourth-order valence-electron chi connectivity index (χ4n) is 4.60. The topological polar surface area (TPSA) is 18.5 Å². The van der Waals surface area contributed by atoms with E-state index in [0.717, 1.165) is 17.9 Å². The molecular weight excluding hydrogens is 258 g/mol. The first-order chi connectivity index (χ1) is 10.3. The molecule has 0 spiro atoms. The molecular formula is C18H35N3. The van der Waals surface area contributed by atoms with E-state index in [1.165, 1.54) is 90.8 Å². The van der Waals surface area contributed by atoms with Crippen LogP contribution in [-0.4, -0.2) is 61.7 Å². The molecule has 1 N–H and O–H groups in total. The summed E-state index contributed by atoms with van der Waals surface area (Å²) in [6, 6.07) is 0.763. The molecule has 0 aromatic heterocycles. The summed E-state index contributed by atoms with van der Waals surface area (Å²) in [6.45, 7) is 11.7. The van der Waals surface area contributed by atoms with Gasteiger partial charge in [-0.2, -0.15) is 0 Å². The average molecular weight is 293 g/mol. The van der Waals surface area contributed by atoms with Gasteiger partial charge in [0.1, 0.15) is 0 Å².